The van der Waals surface area contributed by atoms with Gasteiger partial charge in [0.2, 0.25) is 5.89 Å². The molecule has 4 heterocycles. The molecule has 1 fully saturated rings. The number of rotatable bonds is 5. The standard InChI is InChI=1S/C23H25N7O3/c1-24-21-10-14(3-6-25-21)23-28-18(13-33-23)22(32)27-17-9-15-12-26-29(2)19(15)11-20(17)30-7-4-16(31)5-8-30/h3,6,9-13,16,31H,4-5,7-8H2,1-2H3,(H,24,25)(H,27,32). The maximum atomic E-state index is 13.1. The summed E-state index contributed by atoms with van der Waals surface area (Å²) >= 11 is 0. The number of nitrogens with one attached hydrogen (secondary N) is 2. The second-order valence-electron chi connectivity index (χ2n) is 8.09. The molecule has 33 heavy (non-hydrogen) atoms. The highest BCUT2D eigenvalue weighted by molar-refractivity contribution is 6.06. The molecule has 5 rings (SSSR count). The van der Waals surface area contributed by atoms with Gasteiger partial charge >= 0.3 is 0 Å². The van der Waals surface area contributed by atoms with Gasteiger partial charge in [-0.2, -0.15) is 5.10 Å². The van der Waals surface area contributed by atoms with Crippen molar-refractivity contribution >= 4 is 34.0 Å². The SMILES string of the molecule is CNc1cc(-c2nc(C(=O)Nc3cc4cnn(C)c4cc3N3CCC(O)CC3)co2)ccn1. The number of aryl methyl sites for hydroxylation is 1. The van der Waals surface area contributed by atoms with Crippen LogP contribution in [0, 0.1) is 0 Å². The Balaban J connectivity index is 1.44. The summed E-state index contributed by atoms with van der Waals surface area (Å²) in [6, 6.07) is 7.52. The minimum atomic E-state index is -0.366. The average molecular weight is 447 g/mol. The molecule has 1 aliphatic rings. The zero-order chi connectivity index (χ0) is 22.9. The Kier molecular flexibility index (Phi) is 5.43. The van der Waals surface area contributed by atoms with Crippen molar-refractivity contribution in [3.05, 3.63) is 48.6 Å². The van der Waals surface area contributed by atoms with Gasteiger partial charge in [-0.05, 0) is 37.1 Å². The fourth-order valence-corrected chi connectivity index (χ4v) is 4.05. The van der Waals surface area contributed by atoms with Crippen LogP contribution in [0.25, 0.3) is 22.4 Å². The largest absolute Gasteiger partial charge is 0.444 e. The van der Waals surface area contributed by atoms with E-state index in [9.17, 15) is 9.90 Å². The van der Waals surface area contributed by atoms with E-state index in [1.165, 1.54) is 6.26 Å². The molecule has 0 unspecified atom stereocenters. The number of piperidine rings is 1. The number of nitrogens with zero attached hydrogens (tertiary/aromatic N) is 5. The van der Waals surface area contributed by atoms with Crippen molar-refractivity contribution in [2.45, 2.75) is 18.9 Å². The summed E-state index contributed by atoms with van der Waals surface area (Å²) in [4.78, 5) is 23.8. The molecule has 1 amide bonds. The number of aliphatic hydroxyl groups excluding tert-OH is 1. The number of pyridine rings is 1. The van der Waals surface area contributed by atoms with Crippen LogP contribution >= 0.6 is 0 Å². The Morgan fingerprint density at radius 1 is 1.24 bits per heavy atom. The smallest absolute Gasteiger partial charge is 0.277 e. The molecule has 4 aromatic rings. The molecule has 0 spiro atoms. The highest BCUT2D eigenvalue weighted by Gasteiger charge is 2.23. The molecule has 0 atom stereocenters. The number of anilines is 3. The van der Waals surface area contributed by atoms with E-state index >= 15 is 0 Å². The Bertz CT molecular complexity index is 1300. The molecular weight excluding hydrogens is 422 g/mol. The van der Waals surface area contributed by atoms with Crippen LogP contribution in [0.15, 0.2) is 47.3 Å². The predicted molar refractivity (Wildman–Crippen MR) is 125 cm³/mol. The summed E-state index contributed by atoms with van der Waals surface area (Å²) in [7, 11) is 3.67. The van der Waals surface area contributed by atoms with Crippen molar-refractivity contribution in [2.75, 3.05) is 35.7 Å². The van der Waals surface area contributed by atoms with Gasteiger partial charge in [0.25, 0.3) is 5.91 Å². The van der Waals surface area contributed by atoms with Crippen LogP contribution in [-0.4, -0.2) is 57.0 Å². The number of carbonyl (C=O) groups excluding carboxylic acids is 1. The third-order valence-corrected chi connectivity index (χ3v) is 5.92. The van der Waals surface area contributed by atoms with E-state index in [1.807, 2.05) is 19.2 Å². The van der Waals surface area contributed by atoms with Crippen LogP contribution < -0.4 is 15.5 Å². The summed E-state index contributed by atoms with van der Waals surface area (Å²) in [6.07, 6.45) is 5.85. The summed E-state index contributed by atoms with van der Waals surface area (Å²) in [5.41, 5.74) is 3.43. The fourth-order valence-electron chi connectivity index (χ4n) is 4.05. The molecule has 0 saturated carbocycles. The van der Waals surface area contributed by atoms with Crippen molar-refractivity contribution in [1.82, 2.24) is 19.7 Å². The lowest BCUT2D eigenvalue weighted by atomic mass is 10.1. The summed E-state index contributed by atoms with van der Waals surface area (Å²) in [5.74, 6) is 0.652. The number of fused-ring (bicyclic) bond motifs is 1. The lowest BCUT2D eigenvalue weighted by molar-refractivity contribution is 0.102. The maximum Gasteiger partial charge on any atom is 0.277 e. The predicted octanol–water partition coefficient (Wildman–Crippen LogP) is 2.88. The van der Waals surface area contributed by atoms with Crippen LogP contribution in [0.4, 0.5) is 17.2 Å². The Labute approximate surface area is 190 Å². The number of amides is 1. The Morgan fingerprint density at radius 3 is 2.85 bits per heavy atom. The van der Waals surface area contributed by atoms with Gasteiger partial charge in [0.1, 0.15) is 12.1 Å². The number of carbonyl (C=O) groups is 1. The van der Waals surface area contributed by atoms with Gasteiger partial charge in [0, 0.05) is 44.3 Å². The minimum Gasteiger partial charge on any atom is -0.444 e. The van der Waals surface area contributed by atoms with E-state index < -0.39 is 0 Å². The molecule has 1 aliphatic heterocycles. The number of hydrogen-bond acceptors (Lipinski definition) is 8. The van der Waals surface area contributed by atoms with Crippen LogP contribution in [-0.2, 0) is 7.05 Å². The molecule has 170 valence electrons. The molecule has 10 heteroatoms. The van der Waals surface area contributed by atoms with Gasteiger partial charge in [0.15, 0.2) is 5.69 Å². The third-order valence-electron chi connectivity index (χ3n) is 5.92. The van der Waals surface area contributed by atoms with Crippen molar-refractivity contribution in [2.24, 2.45) is 7.05 Å². The monoisotopic (exact) mass is 447 g/mol. The Hall–Kier alpha value is -3.92. The maximum absolute atomic E-state index is 13.1. The number of oxazole rings is 1. The van der Waals surface area contributed by atoms with Gasteiger partial charge in [-0.1, -0.05) is 0 Å². The second kappa shape index (κ2) is 8.55. The zero-order valence-electron chi connectivity index (χ0n) is 18.4. The molecule has 0 aliphatic carbocycles. The van der Waals surface area contributed by atoms with Gasteiger partial charge < -0.3 is 25.1 Å². The average Bonchev–Trinajstić information content (AvgIpc) is 3.47. The van der Waals surface area contributed by atoms with E-state index in [4.69, 9.17) is 4.42 Å². The van der Waals surface area contributed by atoms with Crippen LogP contribution in [0.2, 0.25) is 0 Å². The van der Waals surface area contributed by atoms with Crippen LogP contribution in [0.3, 0.4) is 0 Å². The van der Waals surface area contributed by atoms with E-state index in [2.05, 4.69) is 30.6 Å². The van der Waals surface area contributed by atoms with Crippen molar-refractivity contribution < 1.29 is 14.3 Å². The van der Waals surface area contributed by atoms with Gasteiger partial charge in [-0.25, -0.2) is 9.97 Å². The van der Waals surface area contributed by atoms with E-state index in [1.54, 1.807) is 36.3 Å². The van der Waals surface area contributed by atoms with Gasteiger partial charge in [0.05, 0.1) is 29.2 Å². The third kappa shape index (κ3) is 4.12. The van der Waals surface area contributed by atoms with Crippen molar-refractivity contribution in [1.29, 1.82) is 0 Å². The lowest BCUT2D eigenvalue weighted by Crippen LogP contribution is -2.36. The van der Waals surface area contributed by atoms with E-state index in [0.29, 0.717) is 43.3 Å². The van der Waals surface area contributed by atoms with Gasteiger partial charge in [-0.3, -0.25) is 9.48 Å². The molecular formula is C23H25N7O3. The first-order valence-corrected chi connectivity index (χ1v) is 10.8. The number of benzene rings is 1. The van der Waals surface area contributed by atoms with Gasteiger partial charge in [-0.15, -0.1) is 0 Å². The van der Waals surface area contributed by atoms with Crippen LogP contribution in [0.5, 0.6) is 0 Å². The molecule has 0 radical (unpaired) electrons. The quantitative estimate of drug-likeness (QED) is 0.427. The van der Waals surface area contributed by atoms with E-state index in [0.717, 1.165) is 22.2 Å². The Morgan fingerprint density at radius 2 is 2.06 bits per heavy atom. The fraction of sp³-hybridized carbons (Fsp3) is 0.304. The highest BCUT2D eigenvalue weighted by atomic mass is 16.3. The van der Waals surface area contributed by atoms with Crippen molar-refractivity contribution in [3.63, 3.8) is 0 Å². The molecule has 1 saturated heterocycles. The number of aromatic nitrogens is 4. The zero-order valence-corrected chi connectivity index (χ0v) is 18.4. The second-order valence-corrected chi connectivity index (χ2v) is 8.09. The molecule has 0 bridgehead atoms. The molecule has 3 aromatic heterocycles. The van der Waals surface area contributed by atoms with E-state index in [-0.39, 0.29) is 17.7 Å². The normalized spacial score (nSPS) is 14.6. The highest BCUT2D eigenvalue weighted by Crippen LogP contribution is 2.33. The topological polar surface area (TPSA) is 121 Å². The molecule has 1 aromatic carbocycles. The van der Waals surface area contributed by atoms with Crippen molar-refractivity contribution in [3.8, 4) is 11.5 Å². The first-order chi connectivity index (χ1) is 16.0. The summed E-state index contributed by atoms with van der Waals surface area (Å²) < 4.78 is 7.37. The lowest BCUT2D eigenvalue weighted by Gasteiger charge is -2.33. The van der Waals surface area contributed by atoms with Crippen LogP contribution in [0.1, 0.15) is 23.3 Å². The minimum absolute atomic E-state index is 0.180. The summed E-state index contributed by atoms with van der Waals surface area (Å²) in [5, 5.41) is 21.1. The number of hydrogen-bond donors (Lipinski definition) is 3. The first-order valence-electron chi connectivity index (χ1n) is 10.8. The molecule has 3 N–H and O–H groups in total. The first kappa shape index (κ1) is 21.0. The molecule has 10 nitrogen and oxygen atoms in total. The summed E-state index contributed by atoms with van der Waals surface area (Å²) in [6.45, 7) is 1.41. The number of aliphatic hydroxyl groups is 1.